The first-order valence-electron chi connectivity index (χ1n) is 11.9. The molecule has 5 rings (SSSR count). The minimum absolute atomic E-state index is 0.111. The molecule has 0 bridgehead atoms. The van der Waals surface area contributed by atoms with Crippen LogP contribution in [0.15, 0.2) is 29.1 Å². The zero-order valence-corrected chi connectivity index (χ0v) is 20.7. The molecule has 10 heteroatoms. The van der Waals surface area contributed by atoms with Crippen LogP contribution < -0.4 is 11.3 Å². The van der Waals surface area contributed by atoms with Crippen molar-refractivity contribution in [1.82, 2.24) is 14.5 Å². The zero-order chi connectivity index (χ0) is 25.9. The number of carbonyl (C=O) groups excluding carboxylic acids is 1. The van der Waals surface area contributed by atoms with Crippen LogP contribution in [0.1, 0.15) is 42.5 Å². The van der Waals surface area contributed by atoms with Crippen molar-refractivity contribution in [3.05, 3.63) is 56.9 Å². The number of esters is 1. The van der Waals surface area contributed by atoms with Gasteiger partial charge in [-0.15, -0.1) is 0 Å². The van der Waals surface area contributed by atoms with Gasteiger partial charge in [0.2, 0.25) is 0 Å². The number of pyridine rings is 2. The fourth-order valence-electron chi connectivity index (χ4n) is 5.13. The molecule has 190 valence electrons. The third kappa shape index (κ3) is 3.60. The summed E-state index contributed by atoms with van der Waals surface area (Å²) in [5, 5.41) is 22.1. The quantitative estimate of drug-likeness (QED) is 0.352. The van der Waals surface area contributed by atoms with Gasteiger partial charge in [-0.1, -0.05) is 6.92 Å². The Hall–Kier alpha value is -3.31. The second kappa shape index (κ2) is 8.67. The Bertz CT molecular complexity index is 1450. The van der Waals surface area contributed by atoms with Gasteiger partial charge in [-0.05, 0) is 51.7 Å². The molecule has 0 amide bonds. The number of ether oxygens (including phenoxy) is 2. The standard InChI is InChI=1S/C26H30N4O6/c1-5-26(36-24(33)13(2)27)18-9-20-22-14(10-30(20)23(32)17(18)12-35-25(26)34)8-15-16(11-29(3)4)21(31)7-6-19(15)28-22/h6-9,13,25,31,34H,5,10-12,27H2,1-4H3/t13-,25?,26-/m0/s1. The minimum Gasteiger partial charge on any atom is -0.508 e. The lowest BCUT2D eigenvalue weighted by atomic mass is 9.84. The molecule has 0 saturated carbocycles. The number of rotatable bonds is 5. The van der Waals surface area contributed by atoms with Crippen LogP contribution in [-0.2, 0) is 39.6 Å². The van der Waals surface area contributed by atoms with Crippen molar-refractivity contribution in [2.45, 2.75) is 57.9 Å². The SMILES string of the molecule is CC[C@]1(OC(=O)[C@H](C)N)c2cc3n(c(=O)c2COC1O)Cc1cc2c(CN(C)C)c(O)ccc2nc1-3. The van der Waals surface area contributed by atoms with Crippen molar-refractivity contribution in [2.24, 2.45) is 5.73 Å². The van der Waals surface area contributed by atoms with E-state index in [-0.39, 0.29) is 24.3 Å². The third-order valence-electron chi connectivity index (χ3n) is 7.03. The highest BCUT2D eigenvalue weighted by molar-refractivity contribution is 5.88. The van der Waals surface area contributed by atoms with E-state index < -0.39 is 23.9 Å². The van der Waals surface area contributed by atoms with Gasteiger partial charge in [0.1, 0.15) is 11.8 Å². The van der Waals surface area contributed by atoms with Gasteiger partial charge >= 0.3 is 5.97 Å². The maximum absolute atomic E-state index is 13.6. The second-order valence-electron chi connectivity index (χ2n) is 9.79. The molecule has 2 aliphatic heterocycles. The van der Waals surface area contributed by atoms with Crippen LogP contribution in [-0.4, -0.2) is 57.1 Å². The van der Waals surface area contributed by atoms with E-state index in [0.29, 0.717) is 41.1 Å². The van der Waals surface area contributed by atoms with Crippen LogP contribution >= 0.6 is 0 Å². The molecule has 0 spiro atoms. The van der Waals surface area contributed by atoms with E-state index in [1.54, 1.807) is 29.7 Å². The molecule has 36 heavy (non-hydrogen) atoms. The van der Waals surface area contributed by atoms with Gasteiger partial charge in [0.05, 0.1) is 35.6 Å². The van der Waals surface area contributed by atoms with Crippen LogP contribution in [0.25, 0.3) is 22.3 Å². The van der Waals surface area contributed by atoms with E-state index in [2.05, 4.69) is 0 Å². The van der Waals surface area contributed by atoms with Crippen molar-refractivity contribution in [3.8, 4) is 17.1 Å². The van der Waals surface area contributed by atoms with Gasteiger partial charge in [-0.3, -0.25) is 9.59 Å². The van der Waals surface area contributed by atoms with Crippen molar-refractivity contribution >= 4 is 16.9 Å². The predicted octanol–water partition coefficient (Wildman–Crippen LogP) is 1.54. The summed E-state index contributed by atoms with van der Waals surface area (Å²) in [7, 11) is 3.85. The van der Waals surface area contributed by atoms with Crippen LogP contribution in [0.4, 0.5) is 0 Å². The molecule has 4 heterocycles. The monoisotopic (exact) mass is 494 g/mol. The summed E-state index contributed by atoms with van der Waals surface area (Å²) in [6.07, 6.45) is -1.28. The molecule has 2 aromatic heterocycles. The molecule has 0 saturated heterocycles. The van der Waals surface area contributed by atoms with Crippen LogP contribution in [0.5, 0.6) is 5.75 Å². The summed E-state index contributed by atoms with van der Waals surface area (Å²) in [5.74, 6) is -0.512. The Labute approximate surface area is 207 Å². The van der Waals surface area contributed by atoms with Gasteiger partial charge in [0.15, 0.2) is 11.9 Å². The van der Waals surface area contributed by atoms with Crippen molar-refractivity contribution in [2.75, 3.05) is 14.1 Å². The van der Waals surface area contributed by atoms with E-state index in [0.717, 1.165) is 16.5 Å². The maximum Gasteiger partial charge on any atom is 0.323 e. The van der Waals surface area contributed by atoms with Gasteiger partial charge in [-0.25, -0.2) is 4.98 Å². The molecular weight excluding hydrogens is 464 g/mol. The highest BCUT2D eigenvalue weighted by Gasteiger charge is 2.49. The molecule has 4 N–H and O–H groups in total. The fourth-order valence-corrected chi connectivity index (χ4v) is 5.13. The summed E-state index contributed by atoms with van der Waals surface area (Å²) < 4.78 is 12.9. The van der Waals surface area contributed by atoms with Gasteiger partial charge < -0.3 is 34.9 Å². The number of nitrogens with two attached hydrogens (primary N) is 1. The van der Waals surface area contributed by atoms with E-state index in [1.807, 2.05) is 25.1 Å². The van der Waals surface area contributed by atoms with Crippen LogP contribution in [0.2, 0.25) is 0 Å². The Kier molecular flexibility index (Phi) is 5.87. The number of carbonyl (C=O) groups is 1. The number of aliphatic hydroxyl groups excluding tert-OH is 1. The Morgan fingerprint density at radius 2 is 2.14 bits per heavy atom. The lowest BCUT2D eigenvalue weighted by Crippen LogP contribution is -2.51. The molecule has 10 nitrogen and oxygen atoms in total. The number of phenols is 1. The lowest BCUT2D eigenvalue weighted by molar-refractivity contribution is -0.251. The largest absolute Gasteiger partial charge is 0.508 e. The second-order valence-corrected chi connectivity index (χ2v) is 9.79. The number of hydrogen-bond donors (Lipinski definition) is 3. The maximum atomic E-state index is 13.6. The van der Waals surface area contributed by atoms with E-state index >= 15 is 0 Å². The smallest absolute Gasteiger partial charge is 0.323 e. The first-order chi connectivity index (χ1) is 17.1. The number of phenolic OH excluding ortho intramolecular Hbond substituents is 1. The molecule has 1 aromatic carbocycles. The summed E-state index contributed by atoms with van der Waals surface area (Å²) in [6.45, 7) is 3.97. The topological polar surface area (TPSA) is 140 Å². The first-order valence-corrected chi connectivity index (χ1v) is 11.9. The first kappa shape index (κ1) is 24.4. The summed E-state index contributed by atoms with van der Waals surface area (Å²) >= 11 is 0. The normalized spacial score (nSPS) is 21.2. The molecule has 0 fully saturated rings. The highest BCUT2D eigenvalue weighted by atomic mass is 16.7. The molecule has 0 radical (unpaired) electrons. The summed E-state index contributed by atoms with van der Waals surface area (Å²) in [6, 6.07) is 6.20. The Morgan fingerprint density at radius 3 is 2.81 bits per heavy atom. The molecule has 0 aliphatic carbocycles. The zero-order valence-electron chi connectivity index (χ0n) is 20.7. The van der Waals surface area contributed by atoms with Crippen molar-refractivity contribution in [1.29, 1.82) is 0 Å². The summed E-state index contributed by atoms with van der Waals surface area (Å²) in [5.41, 5.74) is 8.09. The van der Waals surface area contributed by atoms with Gasteiger partial charge in [0.25, 0.3) is 5.56 Å². The van der Waals surface area contributed by atoms with Crippen LogP contribution in [0, 0.1) is 0 Å². The van der Waals surface area contributed by atoms with E-state index in [1.165, 1.54) is 6.92 Å². The van der Waals surface area contributed by atoms with E-state index in [4.69, 9.17) is 20.2 Å². The van der Waals surface area contributed by atoms with Crippen molar-refractivity contribution in [3.63, 3.8) is 0 Å². The number of nitrogens with zero attached hydrogens (tertiary/aromatic N) is 3. The third-order valence-corrected chi connectivity index (χ3v) is 7.03. The average molecular weight is 495 g/mol. The van der Waals surface area contributed by atoms with Crippen LogP contribution in [0.3, 0.4) is 0 Å². The summed E-state index contributed by atoms with van der Waals surface area (Å²) in [4.78, 5) is 33.0. The number of hydrogen-bond acceptors (Lipinski definition) is 9. The highest BCUT2D eigenvalue weighted by Crippen LogP contribution is 2.43. The fraction of sp³-hybridized carbons (Fsp3) is 0.423. The number of benzene rings is 1. The van der Waals surface area contributed by atoms with Crippen molar-refractivity contribution < 1.29 is 24.5 Å². The number of aliphatic hydroxyl groups is 1. The average Bonchev–Trinajstić information content (AvgIpc) is 3.19. The number of aromatic hydroxyl groups is 1. The Balaban J connectivity index is 1.71. The molecule has 3 atom stereocenters. The molecule has 3 aromatic rings. The van der Waals surface area contributed by atoms with Gasteiger partial charge in [0, 0.05) is 28.6 Å². The molecule has 2 aliphatic rings. The lowest BCUT2D eigenvalue weighted by Gasteiger charge is -2.41. The number of fused-ring (bicyclic) bond motifs is 5. The Morgan fingerprint density at radius 1 is 1.39 bits per heavy atom. The minimum atomic E-state index is -1.57. The van der Waals surface area contributed by atoms with E-state index in [9.17, 15) is 19.8 Å². The van der Waals surface area contributed by atoms with Gasteiger partial charge in [-0.2, -0.15) is 0 Å². The molecular formula is C26H30N4O6. The predicted molar refractivity (Wildman–Crippen MR) is 132 cm³/mol. The number of aromatic nitrogens is 2. The molecule has 1 unspecified atom stereocenters.